The highest BCUT2D eigenvalue weighted by atomic mass is 16.5. The third kappa shape index (κ3) is 3.65. The second-order valence-corrected chi connectivity index (χ2v) is 8.03. The van der Waals surface area contributed by atoms with Crippen LogP contribution in [0.25, 0.3) is 22.4 Å². The van der Waals surface area contributed by atoms with Crippen molar-refractivity contribution in [3.63, 3.8) is 0 Å². The molecule has 1 aliphatic heterocycles. The third-order valence-corrected chi connectivity index (χ3v) is 6.06. The van der Waals surface area contributed by atoms with Gasteiger partial charge in [-0.25, -0.2) is 4.98 Å². The summed E-state index contributed by atoms with van der Waals surface area (Å²) >= 11 is 0. The molecule has 0 radical (unpaired) electrons. The van der Waals surface area contributed by atoms with Crippen molar-refractivity contribution in [2.45, 2.75) is 25.7 Å². The lowest BCUT2D eigenvalue weighted by atomic mass is 9.89. The number of benzene rings is 2. The number of phenols is 1. The van der Waals surface area contributed by atoms with Gasteiger partial charge in [0.1, 0.15) is 5.75 Å². The summed E-state index contributed by atoms with van der Waals surface area (Å²) in [6.07, 6.45) is 1.78. The third-order valence-electron chi connectivity index (χ3n) is 6.06. The van der Waals surface area contributed by atoms with Crippen LogP contribution in [0.2, 0.25) is 0 Å². The number of aromatic nitrogens is 2. The topological polar surface area (TPSA) is 79.5 Å². The molecule has 2 aromatic carbocycles. The molecule has 31 heavy (non-hydrogen) atoms. The van der Waals surface area contributed by atoms with Crippen LogP contribution in [0.15, 0.2) is 65.2 Å². The van der Waals surface area contributed by atoms with Gasteiger partial charge in [0.25, 0.3) is 11.6 Å². The van der Waals surface area contributed by atoms with Crippen molar-refractivity contribution in [3.8, 4) is 17.0 Å². The number of nitrogens with zero attached hydrogens (tertiary/aromatic N) is 3. The van der Waals surface area contributed by atoms with Gasteiger partial charge in [0.05, 0.1) is 22.3 Å². The number of hydrogen-bond donors (Lipinski definition) is 1. The number of rotatable bonds is 3. The maximum absolute atomic E-state index is 13.5. The minimum absolute atomic E-state index is 0.0139. The Kier molecular flexibility index (Phi) is 4.90. The predicted octanol–water partition coefficient (Wildman–Crippen LogP) is 4.92. The van der Waals surface area contributed by atoms with E-state index in [1.807, 2.05) is 60.4 Å². The normalized spacial score (nSPS) is 14.8. The van der Waals surface area contributed by atoms with Crippen LogP contribution in [-0.2, 0) is 0 Å². The maximum atomic E-state index is 13.5. The summed E-state index contributed by atoms with van der Waals surface area (Å²) in [6.45, 7) is 3.20. The molecule has 1 aliphatic rings. The zero-order chi connectivity index (χ0) is 21.4. The summed E-state index contributed by atoms with van der Waals surface area (Å²) in [4.78, 5) is 20.0. The molecule has 6 nitrogen and oxygen atoms in total. The van der Waals surface area contributed by atoms with Gasteiger partial charge in [-0.05, 0) is 49.4 Å². The van der Waals surface area contributed by atoms with Gasteiger partial charge < -0.3 is 14.5 Å². The number of aryl methyl sites for hydroxylation is 1. The number of fused-ring (bicyclic) bond motifs is 1. The number of piperidine rings is 1. The summed E-state index contributed by atoms with van der Waals surface area (Å²) in [5.74, 6) is 0.649. The quantitative estimate of drug-likeness (QED) is 0.515. The summed E-state index contributed by atoms with van der Waals surface area (Å²) in [7, 11) is 0. The number of phenolic OH excluding ortho intramolecular Hbond substituents is 1. The van der Waals surface area contributed by atoms with Crippen LogP contribution in [0.5, 0.6) is 5.75 Å². The van der Waals surface area contributed by atoms with Crippen molar-refractivity contribution in [1.29, 1.82) is 0 Å². The molecule has 6 heteroatoms. The molecule has 1 N–H and O–H groups in total. The fourth-order valence-electron chi connectivity index (χ4n) is 4.35. The Morgan fingerprint density at radius 3 is 2.48 bits per heavy atom. The average molecular weight is 413 g/mol. The number of carbonyl (C=O) groups is 1. The molecule has 1 saturated heterocycles. The average Bonchev–Trinajstić information content (AvgIpc) is 3.20. The zero-order valence-electron chi connectivity index (χ0n) is 17.3. The number of hydrogen-bond acceptors (Lipinski definition) is 5. The smallest absolute Gasteiger partial charge is 0.259 e. The SMILES string of the molecule is Cc1noc2nc(-c3ccccc3)cc(C(=O)N3CCC(c4ccc(O)cc4)CC3)c12. The van der Waals surface area contributed by atoms with E-state index in [0.717, 1.165) is 18.4 Å². The van der Waals surface area contributed by atoms with Gasteiger partial charge in [0.2, 0.25) is 0 Å². The lowest BCUT2D eigenvalue weighted by Gasteiger charge is -2.32. The van der Waals surface area contributed by atoms with Gasteiger partial charge in [-0.1, -0.05) is 47.6 Å². The summed E-state index contributed by atoms with van der Waals surface area (Å²) in [5.41, 5.74) is 4.49. The highest BCUT2D eigenvalue weighted by molar-refractivity contribution is 6.07. The Morgan fingerprint density at radius 1 is 1.06 bits per heavy atom. The first-order valence-electron chi connectivity index (χ1n) is 10.5. The van der Waals surface area contributed by atoms with E-state index in [1.165, 1.54) is 5.56 Å². The molecule has 1 amide bonds. The molecule has 0 spiro atoms. The second-order valence-electron chi connectivity index (χ2n) is 8.03. The van der Waals surface area contributed by atoms with Crippen molar-refractivity contribution in [2.24, 2.45) is 0 Å². The molecule has 0 bridgehead atoms. The van der Waals surface area contributed by atoms with E-state index >= 15 is 0 Å². The number of pyridine rings is 1. The highest BCUT2D eigenvalue weighted by Gasteiger charge is 2.27. The second kappa shape index (κ2) is 7.87. The first-order chi connectivity index (χ1) is 15.1. The van der Waals surface area contributed by atoms with Gasteiger partial charge in [-0.3, -0.25) is 4.79 Å². The fraction of sp³-hybridized carbons (Fsp3) is 0.240. The number of amides is 1. The molecule has 0 aliphatic carbocycles. The van der Waals surface area contributed by atoms with Crippen LogP contribution in [0.3, 0.4) is 0 Å². The minimum atomic E-state index is -0.0139. The molecule has 4 aromatic rings. The van der Waals surface area contributed by atoms with E-state index in [0.29, 0.717) is 47.1 Å². The van der Waals surface area contributed by atoms with Gasteiger partial charge in [0, 0.05) is 18.7 Å². The van der Waals surface area contributed by atoms with Crippen LogP contribution in [0.1, 0.15) is 40.4 Å². The zero-order valence-corrected chi connectivity index (χ0v) is 17.3. The first-order valence-corrected chi connectivity index (χ1v) is 10.5. The van der Waals surface area contributed by atoms with Gasteiger partial charge in [-0.15, -0.1) is 0 Å². The molecule has 0 saturated carbocycles. The minimum Gasteiger partial charge on any atom is -0.508 e. The number of carbonyl (C=O) groups excluding carboxylic acids is 1. The van der Waals surface area contributed by atoms with Crippen LogP contribution in [0.4, 0.5) is 0 Å². The van der Waals surface area contributed by atoms with E-state index < -0.39 is 0 Å². The Morgan fingerprint density at radius 2 is 1.77 bits per heavy atom. The first kappa shape index (κ1) is 19.3. The lowest BCUT2D eigenvalue weighted by molar-refractivity contribution is 0.0715. The monoisotopic (exact) mass is 413 g/mol. The Hall–Kier alpha value is -3.67. The molecule has 3 heterocycles. The maximum Gasteiger partial charge on any atom is 0.259 e. The van der Waals surface area contributed by atoms with Crippen molar-refractivity contribution in [1.82, 2.24) is 15.0 Å². The Bertz CT molecular complexity index is 1220. The van der Waals surface area contributed by atoms with Crippen LogP contribution < -0.4 is 0 Å². The van der Waals surface area contributed by atoms with E-state index in [1.54, 1.807) is 12.1 Å². The number of aromatic hydroxyl groups is 1. The van der Waals surface area contributed by atoms with Crippen molar-refractivity contribution in [2.75, 3.05) is 13.1 Å². The molecule has 0 atom stereocenters. The highest BCUT2D eigenvalue weighted by Crippen LogP contribution is 2.32. The van der Waals surface area contributed by atoms with Crippen molar-refractivity contribution < 1.29 is 14.4 Å². The summed E-state index contributed by atoms with van der Waals surface area (Å²) in [5, 5.41) is 14.3. The summed E-state index contributed by atoms with van der Waals surface area (Å²) in [6, 6.07) is 19.0. The van der Waals surface area contributed by atoms with Gasteiger partial charge in [-0.2, -0.15) is 0 Å². The van der Waals surface area contributed by atoms with Crippen LogP contribution in [0, 0.1) is 6.92 Å². The largest absolute Gasteiger partial charge is 0.508 e. The van der Waals surface area contributed by atoms with Crippen molar-refractivity contribution in [3.05, 3.63) is 77.5 Å². The standard InChI is InChI=1S/C25H23N3O3/c1-16-23-21(15-22(26-24(23)31-27-16)19-5-3-2-4-6-19)25(30)28-13-11-18(12-14-28)17-7-9-20(29)10-8-17/h2-10,15,18,29H,11-14H2,1H3. The Balaban J connectivity index is 1.43. The molecular weight excluding hydrogens is 390 g/mol. The number of likely N-dealkylation sites (tertiary alicyclic amines) is 1. The molecule has 0 unspecified atom stereocenters. The Labute approximate surface area is 180 Å². The van der Waals surface area contributed by atoms with E-state index in [-0.39, 0.29) is 11.7 Å². The molecule has 2 aromatic heterocycles. The molecule has 1 fully saturated rings. The van der Waals surface area contributed by atoms with E-state index in [4.69, 9.17) is 4.52 Å². The predicted molar refractivity (Wildman–Crippen MR) is 118 cm³/mol. The van der Waals surface area contributed by atoms with Gasteiger partial charge >= 0.3 is 0 Å². The molecule has 156 valence electrons. The van der Waals surface area contributed by atoms with Crippen LogP contribution >= 0.6 is 0 Å². The fourth-order valence-corrected chi connectivity index (χ4v) is 4.35. The lowest BCUT2D eigenvalue weighted by Crippen LogP contribution is -2.38. The molecule has 5 rings (SSSR count). The summed E-state index contributed by atoms with van der Waals surface area (Å²) < 4.78 is 5.42. The van der Waals surface area contributed by atoms with Crippen LogP contribution in [-0.4, -0.2) is 39.1 Å². The molecular formula is C25H23N3O3. The van der Waals surface area contributed by atoms with Crippen molar-refractivity contribution >= 4 is 17.0 Å². The van der Waals surface area contributed by atoms with Gasteiger partial charge in [0.15, 0.2) is 0 Å². The van der Waals surface area contributed by atoms with E-state index in [2.05, 4.69) is 10.1 Å². The van der Waals surface area contributed by atoms with E-state index in [9.17, 15) is 9.90 Å².